The van der Waals surface area contributed by atoms with Gasteiger partial charge < -0.3 is 15.5 Å². The summed E-state index contributed by atoms with van der Waals surface area (Å²) in [7, 11) is 1.67. The number of rotatable bonds is 11. The van der Waals surface area contributed by atoms with Gasteiger partial charge in [-0.25, -0.2) is 8.78 Å². The number of carbonyl (C=O) groups is 3. The molecule has 0 radical (unpaired) electrons. The smallest absolute Gasteiger partial charge is 0.243 e. The van der Waals surface area contributed by atoms with Crippen molar-refractivity contribution >= 4 is 17.7 Å². The summed E-state index contributed by atoms with van der Waals surface area (Å²) >= 11 is 0. The van der Waals surface area contributed by atoms with E-state index in [0.29, 0.717) is 31.7 Å². The van der Waals surface area contributed by atoms with E-state index in [1.165, 1.54) is 0 Å². The number of amides is 3. The van der Waals surface area contributed by atoms with Crippen LogP contribution in [0, 0.1) is 11.8 Å². The second kappa shape index (κ2) is 13.5. The Kier molecular flexibility index (Phi) is 11.3. The lowest BCUT2D eigenvalue weighted by atomic mass is 9.82. The zero-order valence-electron chi connectivity index (χ0n) is 22.1. The molecule has 7 atom stereocenters. The molecule has 8 nitrogen and oxygen atoms in total. The molecule has 0 aromatic carbocycles. The molecule has 10 heteroatoms. The summed E-state index contributed by atoms with van der Waals surface area (Å²) in [4.78, 5) is 39.8. The van der Waals surface area contributed by atoms with E-state index in [1.807, 2.05) is 34.6 Å². The van der Waals surface area contributed by atoms with Gasteiger partial charge in [0.2, 0.25) is 17.7 Å². The number of hydrogen-bond donors (Lipinski definition) is 4. The number of carbonyl (C=O) groups excluding carboxylic acids is 3. The van der Waals surface area contributed by atoms with Crippen molar-refractivity contribution in [3.8, 4) is 0 Å². The maximum atomic E-state index is 14.4. The Morgan fingerprint density at radius 2 is 1.74 bits per heavy atom. The lowest BCUT2D eigenvalue weighted by Crippen LogP contribution is -2.57. The van der Waals surface area contributed by atoms with E-state index in [4.69, 9.17) is 0 Å². The van der Waals surface area contributed by atoms with Gasteiger partial charge in [0.1, 0.15) is 18.4 Å². The number of halogens is 2. The van der Waals surface area contributed by atoms with Crippen LogP contribution < -0.4 is 21.3 Å². The average molecular weight is 502 g/mol. The molecule has 2 aliphatic rings. The number of hydrogen-bond acceptors (Lipinski definition) is 5. The Hall–Kier alpha value is -1.81. The fourth-order valence-corrected chi connectivity index (χ4v) is 4.65. The van der Waals surface area contributed by atoms with Crippen LogP contribution in [0.4, 0.5) is 8.78 Å². The SMILES string of the molecule is CC(C)CCC(=O)N[C@@H](CC(=O)N(C)C(C)C)C(=O)N[C@@H](C)C1NCC(C2CCC(F)CC2F)N1. The third kappa shape index (κ3) is 8.97. The van der Waals surface area contributed by atoms with Crippen LogP contribution in [0.25, 0.3) is 0 Å². The topological polar surface area (TPSA) is 103 Å². The number of alkyl halides is 2. The molecule has 3 amide bonds. The molecule has 5 unspecified atom stereocenters. The molecular weight excluding hydrogens is 456 g/mol. The Labute approximate surface area is 208 Å². The van der Waals surface area contributed by atoms with E-state index in [-0.39, 0.29) is 61.3 Å². The second-order valence-electron chi connectivity index (χ2n) is 10.9. The molecule has 2 rings (SSSR count). The van der Waals surface area contributed by atoms with Crippen molar-refractivity contribution in [2.24, 2.45) is 11.8 Å². The van der Waals surface area contributed by atoms with Gasteiger partial charge >= 0.3 is 0 Å². The number of nitrogens with one attached hydrogen (secondary N) is 4. The van der Waals surface area contributed by atoms with Crippen LogP contribution in [-0.4, -0.2) is 78.9 Å². The largest absolute Gasteiger partial charge is 0.349 e. The first-order chi connectivity index (χ1) is 16.4. The summed E-state index contributed by atoms with van der Waals surface area (Å²) in [6.07, 6.45) is -0.918. The Morgan fingerprint density at radius 3 is 2.34 bits per heavy atom. The zero-order chi connectivity index (χ0) is 26.3. The minimum absolute atomic E-state index is 0.0302. The predicted octanol–water partition coefficient (Wildman–Crippen LogP) is 2.03. The monoisotopic (exact) mass is 501 g/mol. The summed E-state index contributed by atoms with van der Waals surface area (Å²) in [5, 5.41) is 12.3. The molecule has 0 bridgehead atoms. The minimum atomic E-state index is -1.18. The van der Waals surface area contributed by atoms with E-state index < -0.39 is 24.3 Å². The minimum Gasteiger partial charge on any atom is -0.349 e. The standard InChI is InChI=1S/C25H45F2N5O3/c1-14(2)7-10-22(33)30-20(12-23(34)32(6)15(3)4)25(35)29-16(5)24-28-13-21(31-24)18-9-8-17(26)11-19(18)27/h14-21,24,28,31H,7-13H2,1-6H3,(H,29,35)(H,30,33)/t16-,17?,18?,19?,20-,21?,24?/m0/s1. The van der Waals surface area contributed by atoms with Gasteiger partial charge in [-0.2, -0.15) is 0 Å². The highest BCUT2D eigenvalue weighted by Gasteiger charge is 2.40. The molecule has 0 aromatic rings. The third-order valence-electron chi connectivity index (χ3n) is 7.24. The third-order valence-corrected chi connectivity index (χ3v) is 7.24. The number of nitrogens with zero attached hydrogens (tertiary/aromatic N) is 1. The maximum Gasteiger partial charge on any atom is 0.243 e. The van der Waals surface area contributed by atoms with Crippen LogP contribution in [0.5, 0.6) is 0 Å². The predicted molar refractivity (Wildman–Crippen MR) is 132 cm³/mol. The van der Waals surface area contributed by atoms with Crippen LogP contribution >= 0.6 is 0 Å². The first kappa shape index (κ1) is 29.4. The van der Waals surface area contributed by atoms with Crippen molar-refractivity contribution in [3.05, 3.63) is 0 Å². The van der Waals surface area contributed by atoms with Crippen molar-refractivity contribution in [2.75, 3.05) is 13.6 Å². The van der Waals surface area contributed by atoms with Crippen LogP contribution in [-0.2, 0) is 14.4 Å². The van der Waals surface area contributed by atoms with Gasteiger partial charge in [-0.3, -0.25) is 25.0 Å². The normalized spacial score (nSPS) is 28.6. The second-order valence-corrected chi connectivity index (χ2v) is 10.9. The van der Waals surface area contributed by atoms with Gasteiger partial charge in [0.05, 0.1) is 18.6 Å². The molecule has 1 aliphatic carbocycles. The van der Waals surface area contributed by atoms with Gasteiger partial charge in [-0.15, -0.1) is 0 Å². The van der Waals surface area contributed by atoms with Crippen molar-refractivity contribution in [3.63, 3.8) is 0 Å². The highest BCUT2D eigenvalue weighted by molar-refractivity contribution is 5.92. The molecular formula is C25H45F2N5O3. The Morgan fingerprint density at radius 1 is 1.06 bits per heavy atom. The van der Waals surface area contributed by atoms with Gasteiger partial charge in [0.25, 0.3) is 0 Å². The van der Waals surface area contributed by atoms with Crippen molar-refractivity contribution in [1.82, 2.24) is 26.2 Å². The maximum absolute atomic E-state index is 14.4. The summed E-state index contributed by atoms with van der Waals surface area (Å²) < 4.78 is 27.9. The molecule has 1 saturated heterocycles. The van der Waals surface area contributed by atoms with E-state index in [9.17, 15) is 23.2 Å². The zero-order valence-corrected chi connectivity index (χ0v) is 22.1. The molecule has 4 N–H and O–H groups in total. The van der Waals surface area contributed by atoms with Crippen LogP contribution in [0.15, 0.2) is 0 Å². The highest BCUT2D eigenvalue weighted by atomic mass is 19.1. The van der Waals surface area contributed by atoms with E-state index in [2.05, 4.69) is 21.3 Å². The van der Waals surface area contributed by atoms with Gasteiger partial charge in [-0.05, 0) is 46.0 Å². The fraction of sp³-hybridized carbons (Fsp3) is 0.880. The average Bonchev–Trinajstić information content (AvgIpc) is 3.26. The summed E-state index contributed by atoms with van der Waals surface area (Å²) in [6, 6.07) is -1.54. The molecule has 1 saturated carbocycles. The molecule has 1 heterocycles. The van der Waals surface area contributed by atoms with Gasteiger partial charge in [0.15, 0.2) is 0 Å². The van der Waals surface area contributed by atoms with Crippen molar-refractivity contribution < 1.29 is 23.2 Å². The first-order valence-electron chi connectivity index (χ1n) is 13.0. The first-order valence-corrected chi connectivity index (χ1v) is 13.0. The summed E-state index contributed by atoms with van der Waals surface area (Å²) in [5.74, 6) is -0.848. The highest BCUT2D eigenvalue weighted by Crippen LogP contribution is 2.32. The van der Waals surface area contributed by atoms with E-state index >= 15 is 0 Å². The van der Waals surface area contributed by atoms with E-state index in [1.54, 1.807) is 11.9 Å². The van der Waals surface area contributed by atoms with Crippen molar-refractivity contribution in [2.45, 2.75) is 116 Å². The molecule has 1 aliphatic heterocycles. The van der Waals surface area contributed by atoms with Crippen LogP contribution in [0.2, 0.25) is 0 Å². The van der Waals surface area contributed by atoms with E-state index in [0.717, 1.165) is 0 Å². The quantitative estimate of drug-likeness (QED) is 0.347. The molecule has 35 heavy (non-hydrogen) atoms. The fourth-order valence-electron chi connectivity index (χ4n) is 4.65. The molecule has 2 fully saturated rings. The summed E-state index contributed by atoms with van der Waals surface area (Å²) in [5.41, 5.74) is 0. The summed E-state index contributed by atoms with van der Waals surface area (Å²) in [6.45, 7) is 10.1. The van der Waals surface area contributed by atoms with Gasteiger partial charge in [-0.1, -0.05) is 13.8 Å². The van der Waals surface area contributed by atoms with Crippen LogP contribution in [0.1, 0.15) is 73.1 Å². The Bertz CT molecular complexity index is 723. The van der Waals surface area contributed by atoms with Crippen LogP contribution in [0.3, 0.4) is 0 Å². The lowest BCUT2D eigenvalue weighted by Gasteiger charge is -2.33. The van der Waals surface area contributed by atoms with Crippen molar-refractivity contribution in [1.29, 1.82) is 0 Å². The molecule has 202 valence electrons. The molecule has 0 aromatic heterocycles. The Balaban J connectivity index is 1.97. The molecule has 0 spiro atoms. The lowest BCUT2D eigenvalue weighted by molar-refractivity contribution is -0.136. The van der Waals surface area contributed by atoms with Gasteiger partial charge in [0, 0.05) is 44.4 Å².